The third-order valence-electron chi connectivity index (χ3n) is 6.11. The highest BCUT2D eigenvalue weighted by Crippen LogP contribution is 2.28. The summed E-state index contributed by atoms with van der Waals surface area (Å²) in [6.45, 7) is 1.96. The summed E-state index contributed by atoms with van der Waals surface area (Å²) in [6.07, 6.45) is 4.96. The number of carbonyl (C=O) groups excluding carboxylic acids is 2. The van der Waals surface area contributed by atoms with Gasteiger partial charge in [0.15, 0.2) is 0 Å². The highest BCUT2D eigenvalue weighted by Gasteiger charge is 2.38. The van der Waals surface area contributed by atoms with E-state index in [4.69, 9.17) is 15.6 Å². The molecule has 1 aliphatic heterocycles. The lowest BCUT2D eigenvalue weighted by Crippen LogP contribution is -2.54. The summed E-state index contributed by atoms with van der Waals surface area (Å²) in [4.78, 5) is 47.6. The van der Waals surface area contributed by atoms with Crippen LogP contribution < -0.4 is 16.4 Å². The molecule has 0 unspecified atom stereocenters. The number of rotatable bonds is 10. The summed E-state index contributed by atoms with van der Waals surface area (Å²) < 4.78 is 31.7. The average molecular weight is 511 g/mol. The van der Waals surface area contributed by atoms with Crippen LogP contribution >= 0.6 is 0 Å². The van der Waals surface area contributed by atoms with Crippen molar-refractivity contribution < 1.29 is 42.6 Å². The van der Waals surface area contributed by atoms with Crippen LogP contribution in [0.5, 0.6) is 0 Å². The van der Waals surface area contributed by atoms with E-state index in [1.807, 2.05) is 4.90 Å². The third-order valence-corrected chi connectivity index (χ3v) is 6.11. The molecule has 0 bridgehead atoms. The minimum Gasteiger partial charge on any atom is -0.480 e. The number of urea groups is 1. The van der Waals surface area contributed by atoms with Crippen LogP contribution in [-0.2, 0) is 14.4 Å². The summed E-state index contributed by atoms with van der Waals surface area (Å²) in [7, 11) is 0. The van der Waals surface area contributed by atoms with Crippen LogP contribution in [0.4, 0.5) is 18.0 Å². The first-order valence-corrected chi connectivity index (χ1v) is 12.0. The van der Waals surface area contributed by atoms with Crippen molar-refractivity contribution in [1.82, 2.24) is 15.5 Å². The van der Waals surface area contributed by atoms with Gasteiger partial charge in [-0.3, -0.25) is 4.79 Å². The van der Waals surface area contributed by atoms with Crippen LogP contribution in [0, 0.1) is 5.92 Å². The van der Waals surface area contributed by atoms with Gasteiger partial charge in [-0.15, -0.1) is 0 Å². The number of carbonyl (C=O) groups is 4. The largest absolute Gasteiger partial charge is 0.490 e. The molecule has 1 aliphatic carbocycles. The number of hydrogen-bond donors (Lipinski definition) is 5. The Labute approximate surface area is 202 Å². The molecule has 13 heteroatoms. The van der Waals surface area contributed by atoms with Gasteiger partial charge in [-0.05, 0) is 51.0 Å². The van der Waals surface area contributed by atoms with Crippen molar-refractivity contribution >= 4 is 23.9 Å². The van der Waals surface area contributed by atoms with Gasteiger partial charge in [0.25, 0.3) is 0 Å². The zero-order chi connectivity index (χ0) is 26.4. The number of alkyl halides is 3. The number of likely N-dealkylation sites (tertiary alicyclic amines) is 1. The number of aliphatic carboxylic acids is 2. The van der Waals surface area contributed by atoms with Crippen molar-refractivity contribution in [2.45, 2.75) is 88.9 Å². The van der Waals surface area contributed by atoms with Crippen LogP contribution in [-0.4, -0.2) is 76.9 Å². The molecular weight excluding hydrogens is 473 g/mol. The van der Waals surface area contributed by atoms with Crippen LogP contribution in [0.1, 0.15) is 70.6 Å². The molecule has 1 heterocycles. The Hall–Kier alpha value is -2.57. The van der Waals surface area contributed by atoms with Crippen LogP contribution in [0.15, 0.2) is 0 Å². The molecule has 2 atom stereocenters. The molecule has 10 nitrogen and oxygen atoms in total. The third kappa shape index (κ3) is 12.1. The standard InChI is InChI=1S/C20H36N4O4.C2HF3O2/c21-11-5-4-10-16(19(26)27)22-20(28)23-17(14-15-8-2-1-3-9-15)18(25)24-12-6-7-13-24;3-2(4,5)1(6)7/h15-17H,1-14,21H2,(H,26,27)(H2,22,23,28);(H,6,7)/t16-,17+;/m0./s1. The molecule has 2 rings (SSSR count). The number of carboxylic acid groups (broad SMARTS) is 2. The Balaban J connectivity index is 0.000000762. The smallest absolute Gasteiger partial charge is 0.480 e. The van der Waals surface area contributed by atoms with Crippen molar-refractivity contribution in [2.75, 3.05) is 19.6 Å². The van der Waals surface area contributed by atoms with Crippen molar-refractivity contribution in [2.24, 2.45) is 11.7 Å². The first-order valence-electron chi connectivity index (χ1n) is 12.0. The molecule has 0 spiro atoms. The Morgan fingerprint density at radius 3 is 1.94 bits per heavy atom. The highest BCUT2D eigenvalue weighted by atomic mass is 19.4. The van der Waals surface area contributed by atoms with Gasteiger partial charge >= 0.3 is 24.1 Å². The first-order chi connectivity index (χ1) is 16.5. The Kier molecular flexibility index (Phi) is 13.4. The van der Waals surface area contributed by atoms with E-state index in [0.717, 1.165) is 38.8 Å². The predicted molar refractivity (Wildman–Crippen MR) is 120 cm³/mol. The Morgan fingerprint density at radius 2 is 1.46 bits per heavy atom. The summed E-state index contributed by atoms with van der Waals surface area (Å²) in [5.74, 6) is -3.42. The zero-order valence-corrected chi connectivity index (χ0v) is 19.8. The molecule has 6 N–H and O–H groups in total. The summed E-state index contributed by atoms with van der Waals surface area (Å²) in [6, 6.07) is -2.13. The minimum absolute atomic E-state index is 0.0340. The summed E-state index contributed by atoms with van der Waals surface area (Å²) >= 11 is 0. The van der Waals surface area contributed by atoms with E-state index >= 15 is 0 Å². The van der Waals surface area contributed by atoms with Gasteiger partial charge in [-0.25, -0.2) is 14.4 Å². The number of hydrogen-bond acceptors (Lipinski definition) is 5. The monoisotopic (exact) mass is 510 g/mol. The predicted octanol–water partition coefficient (Wildman–Crippen LogP) is 2.46. The molecule has 3 amide bonds. The van der Waals surface area contributed by atoms with Gasteiger partial charge in [-0.2, -0.15) is 13.2 Å². The molecular formula is C22H37F3N4O6. The number of unbranched alkanes of at least 4 members (excludes halogenated alkanes) is 1. The van der Waals surface area contributed by atoms with Crippen molar-refractivity contribution in [1.29, 1.82) is 0 Å². The molecule has 1 saturated carbocycles. The van der Waals surface area contributed by atoms with Gasteiger partial charge in [0.05, 0.1) is 0 Å². The molecule has 2 aliphatic rings. The maximum absolute atomic E-state index is 12.9. The van der Waals surface area contributed by atoms with Crippen molar-refractivity contribution in [3.05, 3.63) is 0 Å². The number of halogens is 3. The molecule has 0 aromatic heterocycles. The van der Waals surface area contributed by atoms with E-state index in [1.165, 1.54) is 19.3 Å². The normalized spacial score (nSPS) is 18.1. The fraction of sp³-hybridized carbons (Fsp3) is 0.818. The summed E-state index contributed by atoms with van der Waals surface area (Å²) in [5, 5.41) is 21.8. The summed E-state index contributed by atoms with van der Waals surface area (Å²) in [5.41, 5.74) is 5.45. The van der Waals surface area contributed by atoms with Crippen LogP contribution in [0.2, 0.25) is 0 Å². The quantitative estimate of drug-likeness (QED) is 0.282. The second-order valence-electron chi connectivity index (χ2n) is 8.92. The lowest BCUT2D eigenvalue weighted by atomic mass is 9.84. The van der Waals surface area contributed by atoms with E-state index in [2.05, 4.69) is 10.6 Å². The molecule has 2 fully saturated rings. The number of nitrogens with two attached hydrogens (primary N) is 1. The Morgan fingerprint density at radius 1 is 0.914 bits per heavy atom. The molecule has 202 valence electrons. The lowest BCUT2D eigenvalue weighted by molar-refractivity contribution is -0.192. The zero-order valence-electron chi connectivity index (χ0n) is 19.8. The average Bonchev–Trinajstić information content (AvgIpc) is 3.33. The van der Waals surface area contributed by atoms with Crippen molar-refractivity contribution in [3.63, 3.8) is 0 Å². The van der Waals surface area contributed by atoms with E-state index in [-0.39, 0.29) is 5.91 Å². The fourth-order valence-corrected chi connectivity index (χ4v) is 4.24. The van der Waals surface area contributed by atoms with E-state index in [1.54, 1.807) is 0 Å². The second kappa shape index (κ2) is 15.4. The van der Waals surface area contributed by atoms with E-state index < -0.39 is 36.2 Å². The molecule has 0 aromatic carbocycles. The maximum Gasteiger partial charge on any atom is 0.490 e. The SMILES string of the molecule is NCCCC[C@H](NC(=O)N[C@H](CC1CCCCC1)C(=O)N1CCCC1)C(=O)O.O=C(O)C(F)(F)F. The van der Waals surface area contributed by atoms with Crippen molar-refractivity contribution in [3.8, 4) is 0 Å². The van der Waals surface area contributed by atoms with Gasteiger partial charge < -0.3 is 31.5 Å². The number of nitrogens with one attached hydrogen (secondary N) is 2. The van der Waals surface area contributed by atoms with E-state index in [9.17, 15) is 32.7 Å². The number of amides is 3. The molecule has 0 aromatic rings. The lowest BCUT2D eigenvalue weighted by Gasteiger charge is -2.29. The van der Waals surface area contributed by atoms with Crippen LogP contribution in [0.25, 0.3) is 0 Å². The highest BCUT2D eigenvalue weighted by molar-refractivity contribution is 5.89. The van der Waals surface area contributed by atoms with E-state index in [0.29, 0.717) is 38.1 Å². The van der Waals surface area contributed by atoms with Gasteiger partial charge in [-0.1, -0.05) is 32.1 Å². The molecule has 35 heavy (non-hydrogen) atoms. The van der Waals surface area contributed by atoms with Gasteiger partial charge in [0.2, 0.25) is 5.91 Å². The van der Waals surface area contributed by atoms with Crippen LogP contribution in [0.3, 0.4) is 0 Å². The fourth-order valence-electron chi connectivity index (χ4n) is 4.24. The maximum atomic E-state index is 12.9. The number of nitrogens with zero attached hydrogens (tertiary/aromatic N) is 1. The number of carboxylic acids is 2. The van der Waals surface area contributed by atoms with Gasteiger partial charge in [0, 0.05) is 13.1 Å². The topological polar surface area (TPSA) is 162 Å². The second-order valence-corrected chi connectivity index (χ2v) is 8.92. The Bertz CT molecular complexity index is 695. The minimum atomic E-state index is -5.08. The molecule has 1 saturated heterocycles. The first kappa shape index (κ1) is 30.5. The molecule has 0 radical (unpaired) electrons. The van der Waals surface area contributed by atoms with Gasteiger partial charge in [0.1, 0.15) is 12.1 Å².